The molecule has 2 heterocycles. The van der Waals surface area contributed by atoms with Crippen molar-refractivity contribution in [2.24, 2.45) is 5.92 Å². The Hall–Kier alpha value is -1.75. The molecule has 3 atom stereocenters. The molecule has 1 saturated heterocycles. The Morgan fingerprint density at radius 2 is 2.00 bits per heavy atom. The second-order valence-corrected chi connectivity index (χ2v) is 7.81. The summed E-state index contributed by atoms with van der Waals surface area (Å²) in [6.45, 7) is 11.8. The zero-order valence-electron chi connectivity index (χ0n) is 16.6. The molecule has 0 bridgehead atoms. The van der Waals surface area contributed by atoms with Crippen LogP contribution in [0, 0.1) is 5.92 Å². The van der Waals surface area contributed by atoms with Crippen LogP contribution in [0.1, 0.15) is 59.1 Å². The van der Waals surface area contributed by atoms with Crippen LogP contribution in [0.2, 0.25) is 0 Å². The van der Waals surface area contributed by atoms with Gasteiger partial charge >= 0.3 is 0 Å². The van der Waals surface area contributed by atoms with Crippen molar-refractivity contribution in [3.63, 3.8) is 0 Å². The van der Waals surface area contributed by atoms with E-state index < -0.39 is 0 Å². The number of likely N-dealkylation sites (N-methyl/N-ethyl adjacent to an activating group) is 1. The van der Waals surface area contributed by atoms with Gasteiger partial charge in [-0.05, 0) is 59.6 Å². The minimum atomic E-state index is -0.284. The van der Waals surface area contributed by atoms with E-state index in [1.165, 1.54) is 0 Å². The van der Waals surface area contributed by atoms with Crippen LogP contribution in [-0.4, -0.2) is 42.2 Å². The van der Waals surface area contributed by atoms with Gasteiger partial charge in [0.15, 0.2) is 6.61 Å². The van der Waals surface area contributed by atoms with Gasteiger partial charge in [0.2, 0.25) is 0 Å². The summed E-state index contributed by atoms with van der Waals surface area (Å²) in [6, 6.07) is 5.83. The molecular formula is C21H31NO4. The van der Waals surface area contributed by atoms with E-state index in [-0.39, 0.29) is 30.3 Å². The quantitative estimate of drug-likeness (QED) is 0.796. The smallest absolute Gasteiger partial charge is 0.260 e. The molecule has 0 aliphatic carbocycles. The number of carbonyl (C=O) groups is 1. The fraction of sp³-hybridized carbons (Fsp3) is 0.667. The molecular weight excluding hydrogens is 330 g/mol. The summed E-state index contributed by atoms with van der Waals surface area (Å²) in [5.74, 6) is 1.81. The second kappa shape index (κ2) is 7.47. The molecule has 2 aliphatic heterocycles. The molecule has 0 unspecified atom stereocenters. The molecule has 5 nitrogen and oxygen atoms in total. The van der Waals surface area contributed by atoms with Gasteiger partial charge in [-0.25, -0.2) is 0 Å². The highest BCUT2D eigenvalue weighted by atomic mass is 16.5. The first kappa shape index (κ1) is 19.0. The molecule has 26 heavy (non-hydrogen) atoms. The number of nitrogens with zero attached hydrogens (tertiary/aromatic N) is 1. The summed E-state index contributed by atoms with van der Waals surface area (Å²) >= 11 is 0. The first-order chi connectivity index (χ1) is 12.4. The Morgan fingerprint density at radius 1 is 1.27 bits per heavy atom. The third kappa shape index (κ3) is 3.68. The number of ether oxygens (including phenoxy) is 3. The standard InChI is InChI=1S/C21H31NO4/c1-6-22(7-2)19(23)13-24-15-9-10-16-18(12-15)26-21(4,5)17-11-8-14(3)25-20(16)17/h9-10,12,14,17,20H,6-8,11,13H2,1-5H3/t14-,17-,20+/m0/s1. The van der Waals surface area contributed by atoms with Crippen molar-refractivity contribution in [3.05, 3.63) is 23.8 Å². The number of hydrogen-bond donors (Lipinski definition) is 0. The number of amides is 1. The van der Waals surface area contributed by atoms with Crippen molar-refractivity contribution in [1.29, 1.82) is 0 Å². The summed E-state index contributed by atoms with van der Waals surface area (Å²) in [4.78, 5) is 13.9. The van der Waals surface area contributed by atoms with Gasteiger partial charge < -0.3 is 19.1 Å². The van der Waals surface area contributed by atoms with Gasteiger partial charge in [-0.2, -0.15) is 0 Å². The van der Waals surface area contributed by atoms with Crippen LogP contribution in [-0.2, 0) is 9.53 Å². The fourth-order valence-corrected chi connectivity index (χ4v) is 4.08. The highest BCUT2D eigenvalue weighted by molar-refractivity contribution is 5.77. The lowest BCUT2D eigenvalue weighted by Crippen LogP contribution is -2.48. The van der Waals surface area contributed by atoms with Gasteiger partial charge in [0, 0.05) is 30.6 Å². The van der Waals surface area contributed by atoms with E-state index in [9.17, 15) is 4.79 Å². The Bertz CT molecular complexity index is 653. The maximum Gasteiger partial charge on any atom is 0.260 e. The van der Waals surface area contributed by atoms with Crippen LogP contribution in [0.4, 0.5) is 0 Å². The largest absolute Gasteiger partial charge is 0.487 e. The van der Waals surface area contributed by atoms with Crippen LogP contribution in [0.25, 0.3) is 0 Å². The minimum absolute atomic E-state index is 0.00142. The van der Waals surface area contributed by atoms with E-state index in [1.54, 1.807) is 4.90 Å². The zero-order valence-corrected chi connectivity index (χ0v) is 16.6. The normalized spacial score (nSPS) is 26.3. The van der Waals surface area contributed by atoms with E-state index in [0.717, 1.165) is 24.2 Å². The third-order valence-corrected chi connectivity index (χ3v) is 5.66. The summed E-state index contributed by atoms with van der Waals surface area (Å²) in [6.07, 6.45) is 2.50. The number of carbonyl (C=O) groups excluding carboxylic acids is 1. The Balaban J connectivity index is 1.77. The SMILES string of the molecule is CCN(CC)C(=O)COc1ccc2c(c1)OC(C)(C)[C@H]1CC[C@H](C)O[C@H]21. The number of fused-ring (bicyclic) bond motifs is 3. The topological polar surface area (TPSA) is 48.0 Å². The molecule has 0 aromatic heterocycles. The van der Waals surface area contributed by atoms with Crippen LogP contribution >= 0.6 is 0 Å². The van der Waals surface area contributed by atoms with Crippen molar-refractivity contribution >= 4 is 5.91 Å². The highest BCUT2D eigenvalue weighted by Crippen LogP contribution is 2.51. The molecule has 1 amide bonds. The van der Waals surface area contributed by atoms with Crippen molar-refractivity contribution in [2.75, 3.05) is 19.7 Å². The van der Waals surface area contributed by atoms with Crippen LogP contribution in [0.3, 0.4) is 0 Å². The summed E-state index contributed by atoms with van der Waals surface area (Å²) in [5.41, 5.74) is 0.802. The fourth-order valence-electron chi connectivity index (χ4n) is 4.08. The van der Waals surface area contributed by atoms with E-state index in [1.807, 2.05) is 32.0 Å². The summed E-state index contributed by atoms with van der Waals surface area (Å²) < 4.78 is 18.3. The first-order valence-electron chi connectivity index (χ1n) is 9.74. The molecule has 2 aliphatic rings. The van der Waals surface area contributed by atoms with Gasteiger partial charge in [-0.3, -0.25) is 4.79 Å². The zero-order chi connectivity index (χ0) is 18.9. The molecule has 5 heteroatoms. The van der Waals surface area contributed by atoms with Crippen LogP contribution < -0.4 is 9.47 Å². The van der Waals surface area contributed by atoms with Gasteiger partial charge in [0.05, 0.1) is 12.2 Å². The van der Waals surface area contributed by atoms with Crippen LogP contribution in [0.5, 0.6) is 11.5 Å². The molecule has 0 saturated carbocycles. The van der Waals surface area contributed by atoms with Crippen molar-refractivity contribution < 1.29 is 19.0 Å². The predicted molar refractivity (Wildman–Crippen MR) is 101 cm³/mol. The predicted octanol–water partition coefficient (Wildman–Crippen LogP) is 3.96. The van der Waals surface area contributed by atoms with Crippen molar-refractivity contribution in [1.82, 2.24) is 4.90 Å². The third-order valence-electron chi connectivity index (χ3n) is 5.66. The minimum Gasteiger partial charge on any atom is -0.487 e. The van der Waals surface area contributed by atoms with E-state index in [0.29, 0.717) is 24.8 Å². The molecule has 3 rings (SSSR count). The monoisotopic (exact) mass is 361 g/mol. The van der Waals surface area contributed by atoms with Crippen molar-refractivity contribution in [3.8, 4) is 11.5 Å². The average Bonchev–Trinajstić information content (AvgIpc) is 2.60. The lowest BCUT2D eigenvalue weighted by molar-refractivity contribution is -0.144. The first-order valence-corrected chi connectivity index (χ1v) is 9.74. The lowest BCUT2D eigenvalue weighted by Gasteiger charge is -2.48. The molecule has 144 valence electrons. The second-order valence-electron chi connectivity index (χ2n) is 7.81. The maximum atomic E-state index is 12.1. The van der Waals surface area contributed by atoms with E-state index >= 15 is 0 Å². The maximum absolute atomic E-state index is 12.1. The molecule has 0 N–H and O–H groups in total. The van der Waals surface area contributed by atoms with Gasteiger partial charge in [-0.1, -0.05) is 0 Å². The molecule has 1 aromatic rings. The molecule has 0 spiro atoms. The Morgan fingerprint density at radius 3 is 2.69 bits per heavy atom. The summed E-state index contributed by atoms with van der Waals surface area (Å²) in [5, 5.41) is 0. The number of hydrogen-bond acceptors (Lipinski definition) is 4. The van der Waals surface area contributed by atoms with Gasteiger partial charge in [-0.15, -0.1) is 0 Å². The lowest BCUT2D eigenvalue weighted by atomic mass is 9.75. The number of benzene rings is 1. The number of rotatable bonds is 5. The summed E-state index contributed by atoms with van der Waals surface area (Å²) in [7, 11) is 0. The highest BCUT2D eigenvalue weighted by Gasteiger charge is 2.46. The molecule has 1 aromatic carbocycles. The van der Waals surface area contributed by atoms with Gasteiger partial charge in [0.1, 0.15) is 17.1 Å². The Labute approximate surface area is 156 Å². The average molecular weight is 361 g/mol. The molecule has 0 radical (unpaired) electrons. The Kier molecular flexibility index (Phi) is 5.47. The van der Waals surface area contributed by atoms with Crippen molar-refractivity contribution in [2.45, 2.75) is 65.3 Å². The van der Waals surface area contributed by atoms with Gasteiger partial charge in [0.25, 0.3) is 5.91 Å². The van der Waals surface area contributed by atoms with E-state index in [2.05, 4.69) is 20.8 Å². The molecule has 1 fully saturated rings. The van der Waals surface area contributed by atoms with E-state index in [4.69, 9.17) is 14.2 Å². The van der Waals surface area contributed by atoms with Crippen LogP contribution in [0.15, 0.2) is 18.2 Å².